The summed E-state index contributed by atoms with van der Waals surface area (Å²) in [6, 6.07) is 6.09. The number of carbonyl (C=O) groups excluding carboxylic acids is 1. The second kappa shape index (κ2) is 6.48. The number of hydrogen-bond donors (Lipinski definition) is 1. The van der Waals surface area contributed by atoms with Crippen LogP contribution in [0.3, 0.4) is 0 Å². The van der Waals surface area contributed by atoms with E-state index in [1.807, 2.05) is 17.0 Å². The highest BCUT2D eigenvalue weighted by molar-refractivity contribution is 6.00. The van der Waals surface area contributed by atoms with Gasteiger partial charge in [0.25, 0.3) is 5.91 Å². The highest BCUT2D eigenvalue weighted by Gasteiger charge is 2.27. The van der Waals surface area contributed by atoms with Crippen molar-refractivity contribution in [2.45, 2.75) is 25.7 Å². The number of likely N-dealkylation sites (tertiary alicyclic amines) is 1. The summed E-state index contributed by atoms with van der Waals surface area (Å²) in [6.45, 7) is 3.39. The highest BCUT2D eigenvalue weighted by Crippen LogP contribution is 2.28. The van der Waals surface area contributed by atoms with E-state index in [-0.39, 0.29) is 5.91 Å². The molecule has 4 heteroatoms. The van der Waals surface area contributed by atoms with Gasteiger partial charge in [-0.2, -0.15) is 0 Å². The molecule has 1 N–H and O–H groups in total. The van der Waals surface area contributed by atoms with Crippen LogP contribution in [-0.4, -0.2) is 44.2 Å². The smallest absolute Gasteiger partial charge is 0.255 e. The van der Waals surface area contributed by atoms with Crippen molar-refractivity contribution in [3.8, 4) is 0 Å². The minimum atomic E-state index is 0.169. The van der Waals surface area contributed by atoms with E-state index in [0.717, 1.165) is 63.2 Å². The lowest BCUT2D eigenvalue weighted by atomic mass is 9.96. The first kappa shape index (κ1) is 14.4. The molecule has 1 saturated heterocycles. The number of hydrogen-bond acceptors (Lipinski definition) is 3. The molecule has 114 valence electrons. The number of amides is 1. The van der Waals surface area contributed by atoms with Gasteiger partial charge in [0.2, 0.25) is 0 Å². The number of methoxy groups -OCH3 is 1. The fraction of sp³-hybridized carbons (Fsp3) is 0.588. The SMILES string of the molecule is COCC1CCCN(C(=O)c2cccc3c2NCCC3)C1. The van der Waals surface area contributed by atoms with E-state index in [0.29, 0.717) is 5.92 Å². The molecular weight excluding hydrogens is 264 g/mol. The summed E-state index contributed by atoms with van der Waals surface area (Å²) < 4.78 is 5.26. The molecule has 1 aromatic carbocycles. The normalized spacial score (nSPS) is 21.6. The van der Waals surface area contributed by atoms with Crippen LogP contribution in [0, 0.1) is 5.92 Å². The van der Waals surface area contributed by atoms with Gasteiger partial charge in [-0.1, -0.05) is 12.1 Å². The van der Waals surface area contributed by atoms with E-state index in [2.05, 4.69) is 11.4 Å². The molecule has 0 radical (unpaired) electrons. The zero-order valence-corrected chi connectivity index (χ0v) is 12.7. The first-order chi connectivity index (χ1) is 10.3. The van der Waals surface area contributed by atoms with Crippen LogP contribution in [0.15, 0.2) is 18.2 Å². The quantitative estimate of drug-likeness (QED) is 0.929. The van der Waals surface area contributed by atoms with E-state index in [1.165, 1.54) is 5.56 Å². The van der Waals surface area contributed by atoms with Crippen molar-refractivity contribution in [1.82, 2.24) is 4.90 Å². The van der Waals surface area contributed by atoms with Crippen molar-refractivity contribution in [2.75, 3.05) is 38.7 Å². The molecule has 2 heterocycles. The Bertz CT molecular complexity index is 514. The van der Waals surface area contributed by atoms with Crippen LogP contribution in [0.25, 0.3) is 0 Å². The van der Waals surface area contributed by atoms with Crippen LogP contribution in [0.1, 0.15) is 35.2 Å². The second-order valence-corrected chi connectivity index (χ2v) is 6.08. The molecule has 0 saturated carbocycles. The van der Waals surface area contributed by atoms with Crippen LogP contribution in [-0.2, 0) is 11.2 Å². The number of benzene rings is 1. The Balaban J connectivity index is 1.79. The Kier molecular flexibility index (Phi) is 4.44. The third-order valence-electron chi connectivity index (χ3n) is 4.51. The van der Waals surface area contributed by atoms with Gasteiger partial charge in [-0.15, -0.1) is 0 Å². The molecule has 0 bridgehead atoms. The molecule has 1 amide bonds. The number of piperidine rings is 1. The molecule has 1 atom stereocenters. The molecule has 2 aliphatic heterocycles. The third kappa shape index (κ3) is 3.05. The minimum absolute atomic E-state index is 0.169. The van der Waals surface area contributed by atoms with E-state index in [1.54, 1.807) is 7.11 Å². The average Bonchev–Trinajstić information content (AvgIpc) is 2.54. The van der Waals surface area contributed by atoms with Gasteiger partial charge in [-0.3, -0.25) is 4.79 Å². The predicted molar refractivity (Wildman–Crippen MR) is 83.8 cm³/mol. The number of rotatable bonds is 3. The van der Waals surface area contributed by atoms with Crippen LogP contribution in [0.5, 0.6) is 0 Å². The summed E-state index contributed by atoms with van der Waals surface area (Å²) in [4.78, 5) is 14.9. The van der Waals surface area contributed by atoms with Gasteiger partial charge in [-0.25, -0.2) is 0 Å². The standard InChI is InChI=1S/C17H24N2O2/c1-21-12-13-5-4-10-19(11-13)17(20)15-8-2-6-14-7-3-9-18-16(14)15/h2,6,8,13,18H,3-5,7,9-12H2,1H3. The molecule has 0 aromatic heterocycles. The van der Waals surface area contributed by atoms with Gasteiger partial charge in [0, 0.05) is 26.7 Å². The van der Waals surface area contributed by atoms with Crippen LogP contribution < -0.4 is 5.32 Å². The number of fused-ring (bicyclic) bond motifs is 1. The summed E-state index contributed by atoms with van der Waals surface area (Å²) in [7, 11) is 1.73. The number of para-hydroxylation sites is 1. The van der Waals surface area contributed by atoms with Crippen LogP contribution in [0.2, 0.25) is 0 Å². The number of ether oxygens (including phenoxy) is 1. The molecular formula is C17H24N2O2. The Morgan fingerprint density at radius 2 is 2.33 bits per heavy atom. The first-order valence-corrected chi connectivity index (χ1v) is 7.93. The fourth-order valence-electron chi connectivity index (χ4n) is 3.48. The summed E-state index contributed by atoms with van der Waals surface area (Å²) >= 11 is 0. The van der Waals surface area contributed by atoms with Gasteiger partial charge >= 0.3 is 0 Å². The number of carbonyl (C=O) groups is 1. The lowest BCUT2D eigenvalue weighted by Gasteiger charge is -2.33. The molecule has 0 spiro atoms. The lowest BCUT2D eigenvalue weighted by Crippen LogP contribution is -2.41. The van der Waals surface area contributed by atoms with Gasteiger partial charge in [0.15, 0.2) is 0 Å². The molecule has 2 aliphatic rings. The molecule has 1 aromatic rings. The largest absolute Gasteiger partial charge is 0.384 e. The topological polar surface area (TPSA) is 41.6 Å². The summed E-state index contributed by atoms with van der Waals surface area (Å²) in [5, 5.41) is 3.42. The van der Waals surface area contributed by atoms with Gasteiger partial charge in [-0.05, 0) is 43.2 Å². The van der Waals surface area contributed by atoms with Crippen molar-refractivity contribution in [2.24, 2.45) is 5.92 Å². The average molecular weight is 288 g/mol. The van der Waals surface area contributed by atoms with Crippen molar-refractivity contribution in [3.63, 3.8) is 0 Å². The number of nitrogens with one attached hydrogen (secondary N) is 1. The monoisotopic (exact) mass is 288 g/mol. The molecule has 21 heavy (non-hydrogen) atoms. The van der Waals surface area contributed by atoms with Crippen molar-refractivity contribution < 1.29 is 9.53 Å². The van der Waals surface area contributed by atoms with Crippen LogP contribution in [0.4, 0.5) is 5.69 Å². The minimum Gasteiger partial charge on any atom is -0.384 e. The van der Waals surface area contributed by atoms with Gasteiger partial charge in [0.05, 0.1) is 17.9 Å². The van der Waals surface area contributed by atoms with Gasteiger partial charge < -0.3 is 15.0 Å². The van der Waals surface area contributed by atoms with Crippen LogP contribution >= 0.6 is 0 Å². The maximum atomic E-state index is 12.9. The Hall–Kier alpha value is -1.55. The summed E-state index contributed by atoms with van der Waals surface area (Å²) in [5.74, 6) is 0.641. The zero-order valence-electron chi connectivity index (χ0n) is 12.7. The summed E-state index contributed by atoms with van der Waals surface area (Å²) in [5.41, 5.74) is 3.17. The Morgan fingerprint density at radius 3 is 3.19 bits per heavy atom. The second-order valence-electron chi connectivity index (χ2n) is 6.08. The highest BCUT2D eigenvalue weighted by atomic mass is 16.5. The summed E-state index contributed by atoms with van der Waals surface area (Å²) in [6.07, 6.45) is 4.44. The predicted octanol–water partition coefficient (Wildman–Crippen LogP) is 2.54. The Labute approximate surface area is 126 Å². The van der Waals surface area contributed by atoms with E-state index < -0.39 is 0 Å². The fourth-order valence-corrected chi connectivity index (χ4v) is 3.48. The van der Waals surface area contributed by atoms with E-state index in [9.17, 15) is 4.79 Å². The third-order valence-corrected chi connectivity index (χ3v) is 4.51. The molecule has 1 unspecified atom stereocenters. The van der Waals surface area contributed by atoms with E-state index >= 15 is 0 Å². The molecule has 4 nitrogen and oxygen atoms in total. The molecule has 0 aliphatic carbocycles. The number of aryl methyl sites for hydroxylation is 1. The van der Waals surface area contributed by atoms with Gasteiger partial charge in [0.1, 0.15) is 0 Å². The van der Waals surface area contributed by atoms with E-state index in [4.69, 9.17) is 4.74 Å². The first-order valence-electron chi connectivity index (χ1n) is 7.93. The lowest BCUT2D eigenvalue weighted by molar-refractivity contribution is 0.0571. The van der Waals surface area contributed by atoms with Crippen molar-refractivity contribution >= 4 is 11.6 Å². The molecule has 3 rings (SSSR count). The van der Waals surface area contributed by atoms with Crippen molar-refractivity contribution in [3.05, 3.63) is 29.3 Å². The number of anilines is 1. The maximum Gasteiger partial charge on any atom is 0.255 e. The zero-order chi connectivity index (χ0) is 14.7. The number of nitrogens with zero attached hydrogens (tertiary/aromatic N) is 1. The van der Waals surface area contributed by atoms with Crippen molar-refractivity contribution in [1.29, 1.82) is 0 Å². The Morgan fingerprint density at radius 1 is 1.43 bits per heavy atom. The molecule has 1 fully saturated rings. The maximum absolute atomic E-state index is 12.9.